The van der Waals surface area contributed by atoms with Gasteiger partial charge in [0, 0.05) is 25.7 Å². The molecule has 0 aromatic heterocycles. The molecule has 0 fully saturated rings. The normalized spacial score (nSPS) is 14.1. The van der Waals surface area contributed by atoms with E-state index in [4.69, 9.17) is 37.0 Å². The first-order valence-corrected chi connectivity index (χ1v) is 42.7. The monoisotopic (exact) mass is 1410 g/mol. The summed E-state index contributed by atoms with van der Waals surface area (Å²) in [4.78, 5) is 72.7. The number of aliphatic hydroxyl groups is 1. The van der Waals surface area contributed by atoms with E-state index in [0.29, 0.717) is 37.5 Å². The first-order valence-electron chi connectivity index (χ1n) is 39.7. The Labute approximate surface area is 588 Å². The Bertz CT molecular complexity index is 1850. The first-order chi connectivity index (χ1) is 46.1. The molecule has 0 aliphatic rings. The van der Waals surface area contributed by atoms with Crippen LogP contribution in [0.15, 0.2) is 0 Å². The number of unbranched alkanes of at least 4 members (excludes halogenated alkanes) is 40. The highest BCUT2D eigenvalue weighted by atomic mass is 31.2. The summed E-state index contributed by atoms with van der Waals surface area (Å²) in [5.74, 6) is 0.866. The van der Waals surface area contributed by atoms with Gasteiger partial charge in [0.1, 0.15) is 19.3 Å². The summed E-state index contributed by atoms with van der Waals surface area (Å²) < 4.78 is 68.5. The predicted octanol–water partition coefficient (Wildman–Crippen LogP) is 22.4. The van der Waals surface area contributed by atoms with E-state index in [2.05, 4.69) is 55.4 Å². The SMILES string of the molecule is CC(C)CCCCCCCCCCCCCCCCCCC(=O)O[C@H](COC(=O)CCCCCCCCC(C)C)COP(=O)(O)OCC(O)COP(=O)(O)OC[C@@H](COC(=O)CCCCCCCCCCCCCCCCCC(C)C)OC(=O)CCCCCCCCCC(C)C. The number of carbonyl (C=O) groups is 4. The third kappa shape index (κ3) is 70.5. The fraction of sp³-hybridized carbons (Fsp3) is 0.948. The minimum absolute atomic E-state index is 0.103. The van der Waals surface area contributed by atoms with Gasteiger partial charge in [0.25, 0.3) is 0 Å². The molecule has 0 rings (SSSR count). The molecule has 0 spiro atoms. The van der Waals surface area contributed by atoms with Crippen molar-refractivity contribution in [3.05, 3.63) is 0 Å². The maximum atomic E-state index is 13.1. The van der Waals surface area contributed by atoms with Crippen LogP contribution in [-0.2, 0) is 65.4 Å². The molecule has 570 valence electrons. The summed E-state index contributed by atoms with van der Waals surface area (Å²) in [6, 6.07) is 0. The van der Waals surface area contributed by atoms with E-state index in [1.54, 1.807) is 0 Å². The van der Waals surface area contributed by atoms with Crippen LogP contribution >= 0.6 is 15.6 Å². The molecule has 0 amide bonds. The van der Waals surface area contributed by atoms with Crippen molar-refractivity contribution in [2.75, 3.05) is 39.6 Å². The van der Waals surface area contributed by atoms with Gasteiger partial charge < -0.3 is 33.8 Å². The molecule has 0 heterocycles. The minimum atomic E-state index is -4.96. The van der Waals surface area contributed by atoms with Crippen molar-refractivity contribution < 1.29 is 80.2 Å². The van der Waals surface area contributed by atoms with E-state index in [9.17, 15) is 43.2 Å². The average Bonchev–Trinajstić information content (AvgIpc) is 1.23. The van der Waals surface area contributed by atoms with Gasteiger partial charge in [-0.25, -0.2) is 9.13 Å². The fourth-order valence-corrected chi connectivity index (χ4v) is 13.3. The van der Waals surface area contributed by atoms with Crippen molar-refractivity contribution in [3.63, 3.8) is 0 Å². The highest BCUT2D eigenvalue weighted by Crippen LogP contribution is 2.45. The second-order valence-electron chi connectivity index (χ2n) is 29.7. The molecule has 19 heteroatoms. The number of aliphatic hydroxyl groups excluding tert-OH is 1. The van der Waals surface area contributed by atoms with Gasteiger partial charge in [0.2, 0.25) is 0 Å². The van der Waals surface area contributed by atoms with Gasteiger partial charge in [-0.1, -0.05) is 338 Å². The van der Waals surface area contributed by atoms with E-state index < -0.39 is 97.5 Å². The maximum absolute atomic E-state index is 13.1. The van der Waals surface area contributed by atoms with E-state index in [1.807, 2.05) is 0 Å². The lowest BCUT2D eigenvalue weighted by Gasteiger charge is -2.21. The highest BCUT2D eigenvalue weighted by Gasteiger charge is 2.30. The number of phosphoric ester groups is 2. The van der Waals surface area contributed by atoms with E-state index in [1.165, 1.54) is 186 Å². The van der Waals surface area contributed by atoms with Crippen LogP contribution in [0.2, 0.25) is 0 Å². The third-order valence-electron chi connectivity index (χ3n) is 17.8. The topological polar surface area (TPSA) is 237 Å². The van der Waals surface area contributed by atoms with Gasteiger partial charge >= 0.3 is 39.5 Å². The Balaban J connectivity index is 5.15. The van der Waals surface area contributed by atoms with Crippen LogP contribution in [0.4, 0.5) is 0 Å². The predicted molar refractivity (Wildman–Crippen MR) is 391 cm³/mol. The minimum Gasteiger partial charge on any atom is -0.462 e. The van der Waals surface area contributed by atoms with Crippen LogP contribution in [0.25, 0.3) is 0 Å². The highest BCUT2D eigenvalue weighted by molar-refractivity contribution is 7.47. The number of hydrogen-bond acceptors (Lipinski definition) is 15. The third-order valence-corrected chi connectivity index (χ3v) is 19.7. The zero-order valence-electron chi connectivity index (χ0n) is 63.0. The lowest BCUT2D eigenvalue weighted by molar-refractivity contribution is -0.161. The molecule has 0 saturated heterocycles. The van der Waals surface area contributed by atoms with Crippen molar-refractivity contribution in [1.82, 2.24) is 0 Å². The van der Waals surface area contributed by atoms with Crippen LogP contribution in [0.5, 0.6) is 0 Å². The van der Waals surface area contributed by atoms with Gasteiger partial charge in [-0.2, -0.15) is 0 Å². The van der Waals surface area contributed by atoms with Crippen molar-refractivity contribution in [3.8, 4) is 0 Å². The second kappa shape index (κ2) is 66.3. The van der Waals surface area contributed by atoms with Crippen molar-refractivity contribution >= 4 is 39.5 Å². The average molecular weight is 1410 g/mol. The van der Waals surface area contributed by atoms with Crippen molar-refractivity contribution in [2.45, 2.75) is 408 Å². The molecule has 3 N–H and O–H groups in total. The summed E-state index contributed by atoms with van der Waals surface area (Å²) in [6.07, 6.45) is 51.7. The molecule has 17 nitrogen and oxygen atoms in total. The Kier molecular flexibility index (Phi) is 65.0. The Morgan fingerprint density at radius 3 is 0.646 bits per heavy atom. The summed E-state index contributed by atoms with van der Waals surface area (Å²) in [5.41, 5.74) is 0. The van der Waals surface area contributed by atoms with Crippen LogP contribution in [0, 0.1) is 23.7 Å². The number of carbonyl (C=O) groups excluding carboxylic acids is 4. The molecule has 0 radical (unpaired) electrons. The number of esters is 4. The van der Waals surface area contributed by atoms with E-state index in [0.717, 1.165) is 108 Å². The molecule has 0 saturated carbocycles. The molecule has 0 aliphatic carbocycles. The molecule has 0 aromatic rings. The largest absolute Gasteiger partial charge is 0.472 e. The molecule has 3 unspecified atom stereocenters. The number of rotatable bonds is 74. The fourth-order valence-electron chi connectivity index (χ4n) is 11.7. The summed E-state index contributed by atoms with van der Waals surface area (Å²) in [7, 11) is -9.91. The second-order valence-corrected chi connectivity index (χ2v) is 32.6. The van der Waals surface area contributed by atoms with E-state index in [-0.39, 0.29) is 25.7 Å². The number of phosphoric acid groups is 2. The van der Waals surface area contributed by atoms with Crippen LogP contribution in [-0.4, -0.2) is 96.7 Å². The maximum Gasteiger partial charge on any atom is 0.472 e. The van der Waals surface area contributed by atoms with Crippen molar-refractivity contribution in [2.24, 2.45) is 23.7 Å². The Hall–Kier alpha value is -1.94. The lowest BCUT2D eigenvalue weighted by Crippen LogP contribution is -2.30. The smallest absolute Gasteiger partial charge is 0.462 e. The van der Waals surface area contributed by atoms with Crippen LogP contribution in [0.1, 0.15) is 389 Å². The molecule has 0 aliphatic heterocycles. The number of hydrogen-bond donors (Lipinski definition) is 3. The Morgan fingerprint density at radius 1 is 0.260 bits per heavy atom. The van der Waals surface area contributed by atoms with Crippen LogP contribution < -0.4 is 0 Å². The van der Waals surface area contributed by atoms with Gasteiger partial charge in [-0.3, -0.25) is 37.3 Å². The Morgan fingerprint density at radius 2 is 0.438 bits per heavy atom. The standard InChI is InChI=1S/C77H150O17P2/c1-67(2)53-45-37-29-24-20-16-12-9-10-14-19-23-27-33-43-51-59-76(81)93-73(64-88-75(80)58-50-42-36-35-40-48-56-70(7)8)66-92-96(85,86)90-62-71(78)61-89-95(83,84)91-65-72(94-77(82)60-52-44-34-28-31-39-47-55-69(5)6)63-87-74(79)57-49-41-32-26-22-18-15-11-13-17-21-25-30-38-46-54-68(3)4/h67-73,78H,9-66H2,1-8H3,(H,83,84)(H,85,86)/t71?,72-,73-/m1/s1. The van der Waals surface area contributed by atoms with Crippen LogP contribution in [0.3, 0.4) is 0 Å². The summed E-state index contributed by atoms with van der Waals surface area (Å²) in [5, 5.41) is 10.6. The summed E-state index contributed by atoms with van der Waals surface area (Å²) in [6.45, 7) is 14.1. The lowest BCUT2D eigenvalue weighted by atomic mass is 10.0. The molecular formula is C77H150O17P2. The molecule has 5 atom stereocenters. The molecule has 0 bridgehead atoms. The quantitative estimate of drug-likeness (QED) is 0.0222. The number of ether oxygens (including phenoxy) is 4. The van der Waals surface area contributed by atoms with E-state index >= 15 is 0 Å². The first kappa shape index (κ1) is 94.1. The van der Waals surface area contributed by atoms with Gasteiger partial charge in [0.15, 0.2) is 12.2 Å². The molecular weight excluding hydrogens is 1260 g/mol. The zero-order valence-corrected chi connectivity index (χ0v) is 64.8. The van der Waals surface area contributed by atoms with Crippen molar-refractivity contribution in [1.29, 1.82) is 0 Å². The summed E-state index contributed by atoms with van der Waals surface area (Å²) >= 11 is 0. The van der Waals surface area contributed by atoms with Gasteiger partial charge in [-0.15, -0.1) is 0 Å². The van der Waals surface area contributed by atoms with Gasteiger partial charge in [0.05, 0.1) is 26.4 Å². The zero-order chi connectivity index (χ0) is 71.0. The molecule has 96 heavy (non-hydrogen) atoms. The van der Waals surface area contributed by atoms with Gasteiger partial charge in [-0.05, 0) is 49.4 Å². The molecule has 0 aromatic carbocycles.